The Bertz CT molecular complexity index is 355. The molecule has 0 radical (unpaired) electrons. The summed E-state index contributed by atoms with van der Waals surface area (Å²) in [5, 5.41) is 21.0. The number of hydrogen-bond acceptors (Lipinski definition) is 4. The Kier molecular flexibility index (Phi) is 2.72. The maximum atomic E-state index is 11.4. The third-order valence-electron chi connectivity index (χ3n) is 5.44. The average molecular weight is 254 g/mol. The van der Waals surface area contributed by atoms with E-state index in [4.69, 9.17) is 4.74 Å². The molecule has 3 aliphatic carbocycles. The average Bonchev–Trinajstić information content (AvgIpc) is 2.31. The fourth-order valence-corrected chi connectivity index (χ4v) is 4.89. The Morgan fingerprint density at radius 1 is 1.17 bits per heavy atom. The van der Waals surface area contributed by atoms with Gasteiger partial charge in [0.25, 0.3) is 0 Å². The maximum absolute atomic E-state index is 11.4. The molecule has 2 N–H and O–H groups in total. The van der Waals surface area contributed by atoms with E-state index >= 15 is 0 Å². The first-order valence-electron chi connectivity index (χ1n) is 7.12. The van der Waals surface area contributed by atoms with Crippen LogP contribution < -0.4 is 0 Å². The van der Waals surface area contributed by atoms with Gasteiger partial charge in [-0.3, -0.25) is 4.79 Å². The molecule has 4 nitrogen and oxygen atoms in total. The van der Waals surface area contributed by atoms with Crippen molar-refractivity contribution < 1.29 is 19.7 Å². The van der Waals surface area contributed by atoms with Crippen LogP contribution in [0.2, 0.25) is 0 Å². The van der Waals surface area contributed by atoms with Crippen molar-refractivity contribution in [2.75, 3.05) is 0 Å². The van der Waals surface area contributed by atoms with Gasteiger partial charge in [0.2, 0.25) is 0 Å². The topological polar surface area (TPSA) is 66.8 Å². The highest BCUT2D eigenvalue weighted by molar-refractivity contribution is 5.67. The number of hydrogen-bond donors (Lipinski definition) is 2. The van der Waals surface area contributed by atoms with Crippen molar-refractivity contribution in [3.05, 3.63) is 0 Å². The third kappa shape index (κ3) is 1.36. The van der Waals surface area contributed by atoms with Crippen LogP contribution in [0.3, 0.4) is 0 Å². The van der Waals surface area contributed by atoms with Crippen LogP contribution in [-0.4, -0.2) is 33.5 Å². The molecule has 0 aromatic heterocycles. The largest absolute Gasteiger partial charge is 0.458 e. The number of esters is 1. The maximum Gasteiger partial charge on any atom is 0.303 e. The molecule has 0 spiro atoms. The summed E-state index contributed by atoms with van der Waals surface area (Å²) in [6.45, 7) is 1.44. The van der Waals surface area contributed by atoms with Gasteiger partial charge in [0.05, 0.1) is 6.10 Å². The predicted octanol–water partition coefficient (Wildman–Crippen LogP) is 1.38. The van der Waals surface area contributed by atoms with Crippen LogP contribution in [0.25, 0.3) is 0 Å². The molecule has 0 saturated heterocycles. The van der Waals surface area contributed by atoms with Gasteiger partial charge >= 0.3 is 5.97 Å². The lowest BCUT2D eigenvalue weighted by atomic mass is 9.41. The van der Waals surface area contributed by atoms with Crippen molar-refractivity contribution in [1.29, 1.82) is 0 Å². The highest BCUT2D eigenvalue weighted by Gasteiger charge is 2.75. The molecular formula is C14H22O4. The molecule has 0 amide bonds. The predicted molar refractivity (Wildman–Crippen MR) is 64.8 cm³/mol. The van der Waals surface area contributed by atoms with Crippen molar-refractivity contribution in [1.82, 2.24) is 0 Å². The second kappa shape index (κ2) is 3.94. The lowest BCUT2D eigenvalue weighted by Gasteiger charge is -2.69. The lowest BCUT2D eigenvalue weighted by molar-refractivity contribution is -0.345. The number of ether oxygens (including phenoxy) is 1. The molecule has 0 aromatic rings. The second-order valence-corrected chi connectivity index (χ2v) is 6.23. The van der Waals surface area contributed by atoms with Crippen LogP contribution in [0.15, 0.2) is 0 Å². The van der Waals surface area contributed by atoms with Gasteiger partial charge in [-0.2, -0.15) is 0 Å². The van der Waals surface area contributed by atoms with Crippen molar-refractivity contribution in [3.8, 4) is 0 Å². The van der Waals surface area contributed by atoms with Gasteiger partial charge in [-0.05, 0) is 32.1 Å². The molecule has 0 aliphatic heterocycles. The number of rotatable bonds is 1. The quantitative estimate of drug-likeness (QED) is 0.694. The summed E-state index contributed by atoms with van der Waals surface area (Å²) in [7, 11) is 0. The molecule has 0 bridgehead atoms. The zero-order chi connectivity index (χ0) is 13.0. The highest BCUT2D eigenvalue weighted by Crippen LogP contribution is 2.65. The van der Waals surface area contributed by atoms with Gasteiger partial charge in [-0.1, -0.05) is 12.8 Å². The molecule has 4 heteroatoms. The van der Waals surface area contributed by atoms with Crippen molar-refractivity contribution >= 4 is 5.97 Å². The van der Waals surface area contributed by atoms with E-state index in [9.17, 15) is 15.0 Å². The van der Waals surface area contributed by atoms with Crippen LogP contribution >= 0.6 is 0 Å². The first kappa shape index (κ1) is 12.4. The van der Waals surface area contributed by atoms with Gasteiger partial charge in [0.1, 0.15) is 11.2 Å². The summed E-state index contributed by atoms with van der Waals surface area (Å²) in [6.07, 6.45) is 5.58. The molecule has 3 saturated carbocycles. The van der Waals surface area contributed by atoms with Gasteiger partial charge < -0.3 is 14.9 Å². The molecule has 3 aliphatic rings. The first-order chi connectivity index (χ1) is 8.52. The SMILES string of the molecule is CC(=O)O[C@@]12CCCC[C@@H]1[C@@]1(O)[C@@H]2CCC[C@@H]1O. The molecule has 0 aromatic carbocycles. The van der Waals surface area contributed by atoms with Crippen molar-refractivity contribution in [3.63, 3.8) is 0 Å². The number of carbonyl (C=O) groups is 1. The van der Waals surface area contributed by atoms with E-state index in [2.05, 4.69) is 0 Å². The Hall–Kier alpha value is -0.610. The minimum atomic E-state index is -1.01. The van der Waals surface area contributed by atoms with E-state index in [0.29, 0.717) is 6.42 Å². The Labute approximate surface area is 107 Å². The monoisotopic (exact) mass is 254 g/mol. The normalized spacial score (nSPS) is 50.7. The van der Waals surface area contributed by atoms with Crippen molar-refractivity contribution in [2.45, 2.75) is 69.2 Å². The fraction of sp³-hybridized carbons (Fsp3) is 0.929. The highest BCUT2D eigenvalue weighted by atomic mass is 16.6. The van der Waals surface area contributed by atoms with E-state index < -0.39 is 17.3 Å². The summed E-state index contributed by atoms with van der Waals surface area (Å²) < 4.78 is 5.65. The zero-order valence-electron chi connectivity index (χ0n) is 10.9. The standard InChI is InChI=1S/C14H22O4/c1-9(15)18-13-8-3-2-5-10(13)14(17)11(13)6-4-7-12(14)16/h10-12,16-17H,2-8H2,1H3/t10-,11+,12-,13-,14+/m0/s1. The van der Waals surface area contributed by atoms with Crippen LogP contribution in [0.4, 0.5) is 0 Å². The van der Waals surface area contributed by atoms with Gasteiger partial charge in [0, 0.05) is 18.8 Å². The smallest absolute Gasteiger partial charge is 0.303 e. The number of aliphatic hydroxyl groups excluding tert-OH is 1. The van der Waals surface area contributed by atoms with E-state index in [-0.39, 0.29) is 17.8 Å². The molecule has 3 fully saturated rings. The molecule has 3 rings (SSSR count). The fourth-order valence-electron chi connectivity index (χ4n) is 4.89. The van der Waals surface area contributed by atoms with Crippen LogP contribution in [0, 0.1) is 11.8 Å². The molecular weight excluding hydrogens is 232 g/mol. The number of aliphatic hydroxyl groups is 2. The van der Waals surface area contributed by atoms with E-state index in [1.807, 2.05) is 0 Å². The minimum Gasteiger partial charge on any atom is -0.458 e. The number of fused-ring (bicyclic) bond motifs is 4. The summed E-state index contributed by atoms with van der Waals surface area (Å²) in [6, 6.07) is 0. The summed E-state index contributed by atoms with van der Waals surface area (Å²) in [5.74, 6) is -0.394. The lowest BCUT2D eigenvalue weighted by Crippen LogP contribution is -2.80. The van der Waals surface area contributed by atoms with E-state index in [1.54, 1.807) is 0 Å². The van der Waals surface area contributed by atoms with Crippen LogP contribution in [-0.2, 0) is 9.53 Å². The van der Waals surface area contributed by atoms with E-state index in [0.717, 1.165) is 38.5 Å². The molecule has 5 atom stereocenters. The zero-order valence-corrected chi connectivity index (χ0v) is 10.9. The molecule has 0 heterocycles. The molecule has 102 valence electrons. The second-order valence-electron chi connectivity index (χ2n) is 6.23. The summed E-state index contributed by atoms with van der Waals surface area (Å²) >= 11 is 0. The molecule has 18 heavy (non-hydrogen) atoms. The Morgan fingerprint density at radius 3 is 2.50 bits per heavy atom. The summed E-state index contributed by atoms with van der Waals surface area (Å²) in [5.41, 5.74) is -1.49. The minimum absolute atomic E-state index is 0.0667. The number of carbonyl (C=O) groups excluding carboxylic acids is 1. The van der Waals surface area contributed by atoms with Crippen LogP contribution in [0.5, 0.6) is 0 Å². The third-order valence-corrected chi connectivity index (χ3v) is 5.44. The molecule has 0 unspecified atom stereocenters. The van der Waals surface area contributed by atoms with E-state index in [1.165, 1.54) is 6.92 Å². The van der Waals surface area contributed by atoms with Crippen molar-refractivity contribution in [2.24, 2.45) is 11.8 Å². The first-order valence-corrected chi connectivity index (χ1v) is 7.12. The Morgan fingerprint density at radius 2 is 1.83 bits per heavy atom. The van der Waals surface area contributed by atoms with Gasteiger partial charge in [-0.25, -0.2) is 0 Å². The van der Waals surface area contributed by atoms with Gasteiger partial charge in [-0.15, -0.1) is 0 Å². The Balaban J connectivity index is 1.94. The summed E-state index contributed by atoms with van der Waals surface area (Å²) in [4.78, 5) is 11.4. The van der Waals surface area contributed by atoms with Crippen LogP contribution in [0.1, 0.15) is 51.9 Å². The van der Waals surface area contributed by atoms with Gasteiger partial charge in [0.15, 0.2) is 0 Å².